The zero-order valence-electron chi connectivity index (χ0n) is 18.6. The van der Waals surface area contributed by atoms with Gasteiger partial charge in [0.1, 0.15) is 17.3 Å². The van der Waals surface area contributed by atoms with Crippen molar-refractivity contribution >= 4 is 23.3 Å². The van der Waals surface area contributed by atoms with Crippen LogP contribution in [0, 0.1) is 0 Å². The Bertz CT molecular complexity index is 1280. The van der Waals surface area contributed by atoms with Crippen LogP contribution in [0.2, 0.25) is 0 Å². The van der Waals surface area contributed by atoms with Gasteiger partial charge in [0.2, 0.25) is 6.79 Å². The molecule has 0 unspecified atom stereocenters. The molecule has 8 heteroatoms. The lowest BCUT2D eigenvalue weighted by atomic mass is 9.95. The van der Waals surface area contributed by atoms with Gasteiger partial charge in [-0.05, 0) is 67.9 Å². The molecule has 1 atom stereocenters. The van der Waals surface area contributed by atoms with Crippen LogP contribution in [0.3, 0.4) is 0 Å². The minimum absolute atomic E-state index is 0.00542. The Balaban J connectivity index is 1.65. The highest BCUT2D eigenvalue weighted by atomic mass is 16.7. The molecule has 3 heterocycles. The predicted molar refractivity (Wildman–Crippen MR) is 124 cm³/mol. The number of rotatable bonds is 5. The number of Topliss-reactive ketones (excluding diaryl/α,β-unsaturated/α-hetero) is 1. The van der Waals surface area contributed by atoms with E-state index in [0.29, 0.717) is 34.2 Å². The molecule has 1 N–H and O–H groups in total. The number of aliphatic hydroxyl groups is 1. The van der Waals surface area contributed by atoms with Gasteiger partial charge in [-0.3, -0.25) is 14.5 Å². The van der Waals surface area contributed by atoms with Crippen molar-refractivity contribution in [1.82, 2.24) is 4.98 Å². The third kappa shape index (κ3) is 3.73. The fraction of sp³-hybridized carbons (Fsp3) is 0.192. The molecule has 3 aromatic rings. The topological polar surface area (TPSA) is 98.2 Å². The van der Waals surface area contributed by atoms with E-state index in [0.717, 1.165) is 0 Å². The summed E-state index contributed by atoms with van der Waals surface area (Å²) in [6, 6.07) is 16.1. The van der Waals surface area contributed by atoms with Gasteiger partial charge in [0.05, 0.1) is 17.7 Å². The lowest BCUT2D eigenvalue weighted by Crippen LogP contribution is -2.30. The van der Waals surface area contributed by atoms with Gasteiger partial charge >= 0.3 is 5.91 Å². The van der Waals surface area contributed by atoms with Crippen molar-refractivity contribution in [3.63, 3.8) is 0 Å². The van der Waals surface area contributed by atoms with Crippen LogP contribution in [-0.2, 0) is 9.59 Å². The lowest BCUT2D eigenvalue weighted by Gasteiger charge is -2.24. The summed E-state index contributed by atoms with van der Waals surface area (Å²) in [5.41, 5.74) is 0.934. The van der Waals surface area contributed by atoms with Gasteiger partial charge in [-0.2, -0.15) is 0 Å². The zero-order valence-corrected chi connectivity index (χ0v) is 18.6. The smallest absolute Gasteiger partial charge is 0.301 e. The molecular weight excluding hydrogens is 436 g/mol. The molecule has 1 fully saturated rings. The monoisotopic (exact) mass is 458 g/mol. The van der Waals surface area contributed by atoms with Gasteiger partial charge in [0, 0.05) is 11.8 Å². The Hall–Kier alpha value is -4.33. The number of aromatic nitrogens is 1. The number of hydrogen-bond acceptors (Lipinski definition) is 7. The number of pyridine rings is 1. The van der Waals surface area contributed by atoms with Gasteiger partial charge in [-0.15, -0.1) is 0 Å². The Morgan fingerprint density at radius 3 is 2.53 bits per heavy atom. The molecule has 0 spiro atoms. The number of fused-ring (bicyclic) bond motifs is 1. The molecule has 0 aliphatic carbocycles. The molecule has 2 aromatic carbocycles. The predicted octanol–water partition coefficient (Wildman–Crippen LogP) is 4.22. The van der Waals surface area contributed by atoms with Crippen LogP contribution in [0.15, 0.2) is 72.4 Å². The number of ketones is 1. The van der Waals surface area contributed by atoms with E-state index in [-0.39, 0.29) is 24.2 Å². The minimum Gasteiger partial charge on any atom is -0.507 e. The summed E-state index contributed by atoms with van der Waals surface area (Å²) < 4.78 is 16.6. The maximum atomic E-state index is 13.2. The quantitative estimate of drug-likeness (QED) is 0.347. The Morgan fingerprint density at radius 1 is 1.06 bits per heavy atom. The molecule has 1 aromatic heterocycles. The van der Waals surface area contributed by atoms with Crippen molar-refractivity contribution in [2.24, 2.45) is 0 Å². The van der Waals surface area contributed by atoms with E-state index in [1.165, 1.54) is 4.90 Å². The standard InChI is InChI=1S/C26H22N2O6/c1-15(2)34-18-9-6-16(7-10-18)24(29)22-23(17-8-11-19-20(13-17)33-14-32-19)28(26(31)25(22)30)21-5-3-4-12-27-21/h3-13,15,23,29H,14H2,1-2H3/b24-22+/t23-/m0/s1. The average molecular weight is 458 g/mol. The van der Waals surface area contributed by atoms with Crippen molar-refractivity contribution in [2.45, 2.75) is 26.0 Å². The number of aliphatic hydroxyl groups excluding tert-OH is 1. The highest BCUT2D eigenvalue weighted by Gasteiger charge is 2.47. The van der Waals surface area contributed by atoms with Crippen LogP contribution in [-0.4, -0.2) is 34.7 Å². The number of anilines is 1. The number of benzene rings is 2. The normalized spacial score (nSPS) is 18.6. The molecule has 2 aliphatic rings. The summed E-state index contributed by atoms with van der Waals surface area (Å²) in [5, 5.41) is 11.2. The van der Waals surface area contributed by atoms with Crippen molar-refractivity contribution < 1.29 is 28.9 Å². The highest BCUT2D eigenvalue weighted by molar-refractivity contribution is 6.51. The zero-order chi connectivity index (χ0) is 23.8. The molecular formula is C26H22N2O6. The number of nitrogens with zero attached hydrogens (tertiary/aromatic N) is 2. The van der Waals surface area contributed by atoms with Gasteiger partial charge in [-0.1, -0.05) is 12.1 Å². The summed E-state index contributed by atoms with van der Waals surface area (Å²) in [5.74, 6) is 0.143. The minimum atomic E-state index is -0.906. The molecule has 1 amide bonds. The SMILES string of the molecule is CC(C)Oc1ccc(/C(O)=C2\C(=O)C(=O)N(c3ccccn3)[C@H]2c2ccc3c(c2)OCO3)cc1. The van der Waals surface area contributed by atoms with E-state index in [1.54, 1.807) is 66.9 Å². The summed E-state index contributed by atoms with van der Waals surface area (Å²) in [7, 11) is 0. The van der Waals surface area contributed by atoms with E-state index < -0.39 is 17.7 Å². The summed E-state index contributed by atoms with van der Waals surface area (Å²) in [4.78, 5) is 31.9. The number of carbonyl (C=O) groups is 2. The van der Waals surface area contributed by atoms with Crippen LogP contribution in [0.5, 0.6) is 17.2 Å². The fourth-order valence-electron chi connectivity index (χ4n) is 4.08. The van der Waals surface area contributed by atoms with E-state index in [1.807, 2.05) is 13.8 Å². The van der Waals surface area contributed by atoms with Crippen LogP contribution in [0.25, 0.3) is 5.76 Å². The molecule has 1 saturated heterocycles. The average Bonchev–Trinajstić information content (AvgIpc) is 3.41. The largest absolute Gasteiger partial charge is 0.507 e. The maximum absolute atomic E-state index is 13.2. The first kappa shape index (κ1) is 21.5. The first-order valence-electron chi connectivity index (χ1n) is 10.8. The van der Waals surface area contributed by atoms with Gasteiger partial charge in [-0.25, -0.2) is 4.98 Å². The van der Waals surface area contributed by atoms with Crippen molar-refractivity contribution in [2.75, 3.05) is 11.7 Å². The first-order valence-corrected chi connectivity index (χ1v) is 10.8. The van der Waals surface area contributed by atoms with E-state index in [4.69, 9.17) is 14.2 Å². The van der Waals surface area contributed by atoms with Gasteiger partial charge < -0.3 is 19.3 Å². The maximum Gasteiger partial charge on any atom is 0.301 e. The summed E-state index contributed by atoms with van der Waals surface area (Å²) >= 11 is 0. The second-order valence-corrected chi connectivity index (χ2v) is 8.16. The van der Waals surface area contributed by atoms with Crippen molar-refractivity contribution in [3.8, 4) is 17.2 Å². The molecule has 0 radical (unpaired) electrons. The molecule has 2 aliphatic heterocycles. The third-order valence-electron chi connectivity index (χ3n) is 5.55. The van der Waals surface area contributed by atoms with Crippen LogP contribution in [0.4, 0.5) is 5.82 Å². The van der Waals surface area contributed by atoms with Gasteiger partial charge in [0.25, 0.3) is 5.78 Å². The third-order valence-corrected chi connectivity index (χ3v) is 5.55. The van der Waals surface area contributed by atoms with Crippen LogP contribution in [0.1, 0.15) is 31.0 Å². The lowest BCUT2D eigenvalue weighted by molar-refractivity contribution is -0.132. The van der Waals surface area contributed by atoms with Crippen LogP contribution >= 0.6 is 0 Å². The Morgan fingerprint density at radius 2 is 1.82 bits per heavy atom. The second-order valence-electron chi connectivity index (χ2n) is 8.16. The molecule has 0 saturated carbocycles. The van der Waals surface area contributed by atoms with Crippen molar-refractivity contribution in [1.29, 1.82) is 0 Å². The second kappa shape index (κ2) is 8.55. The number of amides is 1. The number of carbonyl (C=O) groups excluding carboxylic acids is 2. The molecule has 34 heavy (non-hydrogen) atoms. The van der Waals surface area contributed by atoms with E-state index in [2.05, 4.69) is 4.98 Å². The van der Waals surface area contributed by atoms with Gasteiger partial charge in [0.15, 0.2) is 11.5 Å². The molecule has 0 bridgehead atoms. The van der Waals surface area contributed by atoms with E-state index in [9.17, 15) is 14.7 Å². The number of ether oxygens (including phenoxy) is 3. The number of hydrogen-bond donors (Lipinski definition) is 1. The summed E-state index contributed by atoms with van der Waals surface area (Å²) in [6.45, 7) is 3.92. The van der Waals surface area contributed by atoms with Crippen LogP contribution < -0.4 is 19.1 Å². The Kier molecular flexibility index (Phi) is 5.41. The Labute approximate surface area is 196 Å². The van der Waals surface area contributed by atoms with Crippen molar-refractivity contribution in [3.05, 3.63) is 83.6 Å². The summed E-state index contributed by atoms with van der Waals surface area (Å²) in [6.07, 6.45) is 1.54. The molecule has 8 nitrogen and oxygen atoms in total. The molecule has 172 valence electrons. The fourth-order valence-corrected chi connectivity index (χ4v) is 4.08. The first-order chi connectivity index (χ1) is 16.4. The highest BCUT2D eigenvalue weighted by Crippen LogP contribution is 2.44. The molecule has 5 rings (SSSR count). The van der Waals surface area contributed by atoms with E-state index >= 15 is 0 Å².